The monoisotopic (exact) mass is 264 g/mol. The summed E-state index contributed by atoms with van der Waals surface area (Å²) in [6, 6.07) is 0. The number of carbonyl (C=O) groups is 1. The number of carbonyl (C=O) groups excluding carboxylic acids is 1. The van der Waals surface area contributed by atoms with Gasteiger partial charge >= 0.3 is 6.16 Å². The highest BCUT2D eigenvalue weighted by Gasteiger charge is 2.08. The molecule has 1 atom stereocenters. The molecule has 0 N–H and O–H groups in total. The van der Waals surface area contributed by atoms with Crippen LogP contribution in [0.2, 0.25) is 0 Å². The third kappa shape index (κ3) is 11.6. The fourth-order valence-corrected chi connectivity index (χ4v) is 1.06. The van der Waals surface area contributed by atoms with Crippen molar-refractivity contribution in [3.63, 3.8) is 0 Å². The van der Waals surface area contributed by atoms with Crippen LogP contribution in [0.25, 0.3) is 0 Å². The summed E-state index contributed by atoms with van der Waals surface area (Å²) in [5.74, 6) is 0. The van der Waals surface area contributed by atoms with Crippen LogP contribution in [0.3, 0.4) is 0 Å². The summed E-state index contributed by atoms with van der Waals surface area (Å²) < 4.78 is 25.1. The van der Waals surface area contributed by atoms with Crippen molar-refractivity contribution in [1.82, 2.24) is 0 Å². The lowest BCUT2D eigenvalue weighted by atomic mass is 10.4. The zero-order valence-electron chi connectivity index (χ0n) is 11.5. The minimum absolute atomic E-state index is 0.166. The topological polar surface area (TPSA) is 63.2 Å². The Morgan fingerprint density at radius 1 is 0.944 bits per heavy atom. The van der Waals surface area contributed by atoms with Gasteiger partial charge in [-0.15, -0.1) is 0 Å². The first-order valence-electron chi connectivity index (χ1n) is 6.27. The second-order valence-corrected chi connectivity index (χ2v) is 3.48. The fraction of sp³-hybridized carbons (Fsp3) is 0.917. The largest absolute Gasteiger partial charge is 0.508 e. The molecule has 0 saturated carbocycles. The molecule has 0 spiro atoms. The normalized spacial score (nSPS) is 12.2. The number of ether oxygens (including phenoxy) is 5. The Bertz CT molecular complexity index is 197. The van der Waals surface area contributed by atoms with Crippen LogP contribution >= 0.6 is 0 Å². The maximum absolute atomic E-state index is 11.1. The van der Waals surface area contributed by atoms with Gasteiger partial charge in [0.05, 0.1) is 25.9 Å². The quantitative estimate of drug-likeness (QED) is 0.417. The Balaban J connectivity index is 3.35. The zero-order valence-corrected chi connectivity index (χ0v) is 11.5. The van der Waals surface area contributed by atoms with Gasteiger partial charge in [0, 0.05) is 13.2 Å². The lowest BCUT2D eigenvalue weighted by Gasteiger charge is -2.13. The second kappa shape index (κ2) is 12.6. The van der Waals surface area contributed by atoms with E-state index >= 15 is 0 Å². The predicted molar refractivity (Wildman–Crippen MR) is 65.7 cm³/mol. The van der Waals surface area contributed by atoms with Crippen LogP contribution in [-0.4, -0.2) is 58.5 Å². The van der Waals surface area contributed by atoms with E-state index in [1.54, 1.807) is 0 Å². The smallest absolute Gasteiger partial charge is 0.432 e. The van der Waals surface area contributed by atoms with E-state index in [2.05, 4.69) is 0 Å². The van der Waals surface area contributed by atoms with E-state index in [0.717, 1.165) is 0 Å². The lowest BCUT2D eigenvalue weighted by Crippen LogP contribution is -2.22. The molecule has 6 nitrogen and oxygen atoms in total. The summed E-state index contributed by atoms with van der Waals surface area (Å²) in [5, 5.41) is 0. The van der Waals surface area contributed by atoms with Gasteiger partial charge in [-0.05, 0) is 20.8 Å². The molecule has 0 heterocycles. The Hall–Kier alpha value is -0.850. The molecule has 0 aromatic rings. The molecule has 6 heteroatoms. The second-order valence-electron chi connectivity index (χ2n) is 3.48. The van der Waals surface area contributed by atoms with Gasteiger partial charge in [0.15, 0.2) is 0 Å². The van der Waals surface area contributed by atoms with E-state index in [9.17, 15) is 4.79 Å². The Labute approximate surface area is 108 Å². The van der Waals surface area contributed by atoms with Crippen molar-refractivity contribution >= 4 is 6.16 Å². The Morgan fingerprint density at radius 3 is 2.17 bits per heavy atom. The Morgan fingerprint density at radius 2 is 1.56 bits per heavy atom. The van der Waals surface area contributed by atoms with Crippen molar-refractivity contribution in [1.29, 1.82) is 0 Å². The first kappa shape index (κ1) is 17.2. The molecule has 0 radical (unpaired) electrons. The van der Waals surface area contributed by atoms with Crippen molar-refractivity contribution in [3.8, 4) is 0 Å². The molecule has 0 fully saturated rings. The van der Waals surface area contributed by atoms with E-state index in [1.165, 1.54) is 0 Å². The van der Waals surface area contributed by atoms with Crippen LogP contribution in [0.15, 0.2) is 0 Å². The molecule has 0 aromatic heterocycles. The van der Waals surface area contributed by atoms with Gasteiger partial charge in [-0.3, -0.25) is 0 Å². The van der Waals surface area contributed by atoms with Crippen molar-refractivity contribution in [3.05, 3.63) is 0 Å². The Kier molecular flexibility index (Phi) is 12.0. The van der Waals surface area contributed by atoms with E-state index < -0.39 is 6.16 Å². The van der Waals surface area contributed by atoms with Crippen LogP contribution in [0.4, 0.5) is 4.79 Å². The van der Waals surface area contributed by atoms with Gasteiger partial charge in [-0.2, -0.15) is 0 Å². The van der Waals surface area contributed by atoms with E-state index in [4.69, 9.17) is 23.7 Å². The fourth-order valence-electron chi connectivity index (χ4n) is 1.06. The van der Waals surface area contributed by atoms with Crippen molar-refractivity contribution in [2.45, 2.75) is 26.9 Å². The predicted octanol–water partition coefficient (Wildman–Crippen LogP) is 1.62. The van der Waals surface area contributed by atoms with Crippen molar-refractivity contribution in [2.24, 2.45) is 0 Å². The highest BCUT2D eigenvalue weighted by molar-refractivity contribution is 5.59. The van der Waals surface area contributed by atoms with Crippen LogP contribution in [0.5, 0.6) is 0 Å². The molecule has 0 aliphatic rings. The van der Waals surface area contributed by atoms with Gasteiger partial charge < -0.3 is 23.7 Å². The van der Waals surface area contributed by atoms with Crippen molar-refractivity contribution in [2.75, 3.05) is 46.2 Å². The number of hydrogen-bond donors (Lipinski definition) is 0. The standard InChI is InChI=1S/C12H24O6/c1-4-14-6-8-16-11(3)10-18-12(13)17-9-7-15-5-2/h11H,4-10H2,1-3H3. The highest BCUT2D eigenvalue weighted by Crippen LogP contribution is 1.95. The van der Waals surface area contributed by atoms with Gasteiger partial charge in [-0.25, -0.2) is 4.79 Å². The summed E-state index contributed by atoms with van der Waals surface area (Å²) >= 11 is 0. The number of rotatable bonds is 11. The molecule has 0 aliphatic carbocycles. The highest BCUT2D eigenvalue weighted by atomic mass is 16.7. The molecule has 18 heavy (non-hydrogen) atoms. The average molecular weight is 264 g/mol. The minimum Gasteiger partial charge on any atom is -0.432 e. The van der Waals surface area contributed by atoms with Crippen LogP contribution < -0.4 is 0 Å². The third-order valence-corrected chi connectivity index (χ3v) is 1.92. The molecule has 0 saturated heterocycles. The van der Waals surface area contributed by atoms with E-state index in [1.807, 2.05) is 20.8 Å². The first-order valence-corrected chi connectivity index (χ1v) is 6.27. The summed E-state index contributed by atoms with van der Waals surface area (Å²) in [7, 11) is 0. The van der Waals surface area contributed by atoms with Crippen LogP contribution in [-0.2, 0) is 23.7 Å². The van der Waals surface area contributed by atoms with Crippen LogP contribution in [0.1, 0.15) is 20.8 Å². The summed E-state index contributed by atoms with van der Waals surface area (Å²) in [6.07, 6.45) is -0.875. The van der Waals surface area contributed by atoms with Crippen LogP contribution in [0, 0.1) is 0 Å². The molecule has 108 valence electrons. The number of hydrogen-bond acceptors (Lipinski definition) is 6. The molecule has 0 amide bonds. The van der Waals surface area contributed by atoms with E-state index in [0.29, 0.717) is 33.0 Å². The van der Waals surface area contributed by atoms with E-state index in [-0.39, 0.29) is 19.3 Å². The molecular formula is C12H24O6. The third-order valence-electron chi connectivity index (χ3n) is 1.92. The zero-order chi connectivity index (χ0) is 13.6. The molecule has 0 aliphatic heterocycles. The summed E-state index contributed by atoms with van der Waals surface area (Å²) in [6.45, 7) is 8.66. The first-order chi connectivity index (χ1) is 8.70. The van der Waals surface area contributed by atoms with Gasteiger partial charge in [0.2, 0.25) is 0 Å². The maximum Gasteiger partial charge on any atom is 0.508 e. The lowest BCUT2D eigenvalue weighted by molar-refractivity contribution is -0.0302. The molecular weight excluding hydrogens is 240 g/mol. The average Bonchev–Trinajstić information content (AvgIpc) is 2.37. The molecule has 0 aromatic carbocycles. The molecule has 0 rings (SSSR count). The SMILES string of the molecule is CCOCCOC(=O)OCC(C)OCCOCC. The van der Waals surface area contributed by atoms with Gasteiger partial charge in [-0.1, -0.05) is 0 Å². The molecule has 1 unspecified atom stereocenters. The van der Waals surface area contributed by atoms with Gasteiger partial charge in [0.1, 0.15) is 13.2 Å². The summed E-state index contributed by atoms with van der Waals surface area (Å²) in [4.78, 5) is 11.1. The minimum atomic E-state index is -0.699. The van der Waals surface area contributed by atoms with Crippen molar-refractivity contribution < 1.29 is 28.5 Å². The molecule has 0 bridgehead atoms. The maximum atomic E-state index is 11.1. The van der Waals surface area contributed by atoms with Gasteiger partial charge in [0.25, 0.3) is 0 Å². The summed E-state index contributed by atoms with van der Waals surface area (Å²) in [5.41, 5.74) is 0.